The molecule has 0 fully saturated rings. The molecule has 1 aromatic carbocycles. The van der Waals surface area contributed by atoms with Crippen molar-refractivity contribution in [3.63, 3.8) is 0 Å². The van der Waals surface area contributed by atoms with E-state index in [4.69, 9.17) is 9.15 Å². The largest absolute Gasteiger partial charge is 0.497 e. The number of furan rings is 1. The van der Waals surface area contributed by atoms with Gasteiger partial charge in [-0.25, -0.2) is 0 Å². The smallest absolute Gasteiger partial charge is 0.203 e. The molecule has 2 rings (SSSR count). The lowest BCUT2D eigenvalue weighted by Crippen LogP contribution is -1.89. The molecule has 1 heterocycles. The maximum atomic E-state index is 10.3. The fourth-order valence-electron chi connectivity index (χ4n) is 1.45. The Morgan fingerprint density at radius 3 is 3.07 bits per heavy atom. The average molecular weight is 189 g/mol. The molecule has 1 aromatic heterocycles. The highest BCUT2D eigenvalue weighted by atomic mass is 16.5. The minimum absolute atomic E-state index is 0.223. The Labute approximate surface area is 81.3 Å². The molecule has 0 bridgehead atoms. The molecule has 3 heteroatoms. The molecule has 1 radical (unpaired) electrons. The van der Waals surface area contributed by atoms with Crippen LogP contribution in [0, 0.1) is 0 Å². The SMILES string of the molecule is COc1cc(C[C]=O)c2occc2c1. The van der Waals surface area contributed by atoms with Crippen molar-refractivity contribution in [1.82, 2.24) is 0 Å². The first-order valence-corrected chi connectivity index (χ1v) is 4.24. The van der Waals surface area contributed by atoms with Gasteiger partial charge in [-0.2, -0.15) is 0 Å². The molecular weight excluding hydrogens is 180 g/mol. The molecule has 14 heavy (non-hydrogen) atoms. The molecule has 0 unspecified atom stereocenters. The predicted molar refractivity (Wildman–Crippen MR) is 52.2 cm³/mol. The van der Waals surface area contributed by atoms with Gasteiger partial charge in [0, 0.05) is 17.4 Å². The molecule has 3 nitrogen and oxygen atoms in total. The van der Waals surface area contributed by atoms with Crippen molar-refractivity contribution in [1.29, 1.82) is 0 Å². The maximum absolute atomic E-state index is 10.3. The zero-order chi connectivity index (χ0) is 9.97. The minimum atomic E-state index is 0.223. The van der Waals surface area contributed by atoms with E-state index < -0.39 is 0 Å². The van der Waals surface area contributed by atoms with Gasteiger partial charge in [0.25, 0.3) is 0 Å². The first-order valence-electron chi connectivity index (χ1n) is 4.24. The molecule has 0 aliphatic carbocycles. The summed E-state index contributed by atoms with van der Waals surface area (Å²) in [6.07, 6.45) is 3.67. The molecule has 0 saturated heterocycles. The van der Waals surface area contributed by atoms with Crippen molar-refractivity contribution in [2.45, 2.75) is 6.42 Å². The maximum Gasteiger partial charge on any atom is 0.203 e. The second-order valence-corrected chi connectivity index (χ2v) is 2.95. The van der Waals surface area contributed by atoms with E-state index in [0.717, 1.165) is 22.3 Å². The molecule has 0 N–H and O–H groups in total. The van der Waals surface area contributed by atoms with Crippen molar-refractivity contribution in [3.05, 3.63) is 30.0 Å². The number of ether oxygens (including phenoxy) is 1. The van der Waals surface area contributed by atoms with Crippen molar-refractivity contribution in [2.75, 3.05) is 7.11 Å². The quantitative estimate of drug-likeness (QED) is 0.742. The van der Waals surface area contributed by atoms with Gasteiger partial charge >= 0.3 is 0 Å². The van der Waals surface area contributed by atoms with Crippen LogP contribution in [-0.4, -0.2) is 13.4 Å². The van der Waals surface area contributed by atoms with E-state index in [2.05, 4.69) is 0 Å². The Balaban J connectivity index is 2.63. The van der Waals surface area contributed by atoms with Crippen LogP contribution in [0.2, 0.25) is 0 Å². The monoisotopic (exact) mass is 189 g/mol. The topological polar surface area (TPSA) is 39.4 Å². The summed E-state index contributed by atoms with van der Waals surface area (Å²) >= 11 is 0. The van der Waals surface area contributed by atoms with Crippen LogP contribution in [0.5, 0.6) is 5.75 Å². The molecule has 2 aromatic rings. The van der Waals surface area contributed by atoms with Crippen LogP contribution in [0.3, 0.4) is 0 Å². The lowest BCUT2D eigenvalue weighted by molar-refractivity contribution is 0.415. The lowest BCUT2D eigenvalue weighted by atomic mass is 10.1. The van der Waals surface area contributed by atoms with E-state index in [1.165, 1.54) is 0 Å². The summed E-state index contributed by atoms with van der Waals surface area (Å²) in [5, 5.41) is 0.939. The second kappa shape index (κ2) is 3.54. The van der Waals surface area contributed by atoms with Gasteiger partial charge in [-0.3, -0.25) is 4.79 Å². The van der Waals surface area contributed by atoms with Crippen LogP contribution in [-0.2, 0) is 11.2 Å². The molecular formula is C11H9O3. The van der Waals surface area contributed by atoms with Crippen molar-refractivity contribution < 1.29 is 13.9 Å². The van der Waals surface area contributed by atoms with E-state index in [1.54, 1.807) is 19.4 Å². The first-order chi connectivity index (χ1) is 6.85. The fraction of sp³-hybridized carbons (Fsp3) is 0.182. The highest BCUT2D eigenvalue weighted by molar-refractivity contribution is 5.84. The van der Waals surface area contributed by atoms with Crippen LogP contribution in [0.4, 0.5) is 0 Å². The summed E-state index contributed by atoms with van der Waals surface area (Å²) in [5.41, 5.74) is 1.54. The Hall–Kier alpha value is -1.77. The first kappa shape index (κ1) is 8.81. The van der Waals surface area contributed by atoms with Crippen LogP contribution in [0.15, 0.2) is 28.9 Å². The van der Waals surface area contributed by atoms with Gasteiger partial charge < -0.3 is 9.15 Å². The van der Waals surface area contributed by atoms with E-state index >= 15 is 0 Å². The normalized spacial score (nSPS) is 10.4. The van der Waals surface area contributed by atoms with E-state index in [0.29, 0.717) is 0 Å². The zero-order valence-electron chi connectivity index (χ0n) is 7.74. The van der Waals surface area contributed by atoms with Gasteiger partial charge in [-0.05, 0) is 18.2 Å². The van der Waals surface area contributed by atoms with Gasteiger partial charge in [0.15, 0.2) is 0 Å². The van der Waals surface area contributed by atoms with Crippen LogP contribution < -0.4 is 4.74 Å². The Morgan fingerprint density at radius 1 is 1.50 bits per heavy atom. The van der Waals surface area contributed by atoms with E-state index in [-0.39, 0.29) is 6.42 Å². The fourth-order valence-corrected chi connectivity index (χ4v) is 1.45. The lowest BCUT2D eigenvalue weighted by Gasteiger charge is -2.02. The number of hydrogen-bond donors (Lipinski definition) is 0. The van der Waals surface area contributed by atoms with Gasteiger partial charge in [-0.15, -0.1) is 0 Å². The summed E-state index contributed by atoms with van der Waals surface area (Å²) < 4.78 is 10.4. The Morgan fingerprint density at radius 2 is 2.36 bits per heavy atom. The average Bonchev–Trinajstić information content (AvgIpc) is 2.66. The predicted octanol–water partition coefficient (Wildman–Crippen LogP) is 2.09. The van der Waals surface area contributed by atoms with E-state index in [9.17, 15) is 4.79 Å². The van der Waals surface area contributed by atoms with Gasteiger partial charge in [0.2, 0.25) is 6.29 Å². The summed E-state index contributed by atoms with van der Waals surface area (Å²) in [4.78, 5) is 10.3. The molecule has 0 atom stereocenters. The standard InChI is InChI=1S/C11H9O3/c1-13-10-6-8(2-4-12)11-9(7-10)3-5-14-11/h3,5-7H,2H2,1H3. The molecule has 0 amide bonds. The van der Waals surface area contributed by atoms with Crippen molar-refractivity contribution in [2.24, 2.45) is 0 Å². The third kappa shape index (κ3) is 1.37. The molecule has 0 aliphatic heterocycles. The van der Waals surface area contributed by atoms with Gasteiger partial charge in [0.1, 0.15) is 11.3 Å². The number of carbonyl (C=O) groups excluding carboxylic acids is 1. The van der Waals surface area contributed by atoms with E-state index in [1.807, 2.05) is 18.4 Å². The van der Waals surface area contributed by atoms with Crippen LogP contribution >= 0.6 is 0 Å². The van der Waals surface area contributed by atoms with Crippen molar-refractivity contribution in [3.8, 4) is 5.75 Å². The highest BCUT2D eigenvalue weighted by Crippen LogP contribution is 2.26. The molecule has 71 valence electrons. The minimum Gasteiger partial charge on any atom is -0.497 e. The molecule has 0 aliphatic rings. The number of hydrogen-bond acceptors (Lipinski definition) is 3. The highest BCUT2D eigenvalue weighted by Gasteiger charge is 2.07. The third-order valence-corrected chi connectivity index (χ3v) is 2.10. The number of methoxy groups -OCH3 is 1. The summed E-state index contributed by atoms with van der Waals surface area (Å²) in [7, 11) is 1.59. The number of benzene rings is 1. The van der Waals surface area contributed by atoms with Crippen LogP contribution in [0.25, 0.3) is 11.0 Å². The summed E-state index contributed by atoms with van der Waals surface area (Å²) in [6.45, 7) is 0. The molecule has 0 spiro atoms. The zero-order valence-corrected chi connectivity index (χ0v) is 7.74. The molecule has 0 saturated carbocycles. The summed E-state index contributed by atoms with van der Waals surface area (Å²) in [5.74, 6) is 0.726. The van der Waals surface area contributed by atoms with Crippen molar-refractivity contribution >= 4 is 17.3 Å². The van der Waals surface area contributed by atoms with Gasteiger partial charge in [0.05, 0.1) is 13.4 Å². The van der Waals surface area contributed by atoms with Gasteiger partial charge in [-0.1, -0.05) is 0 Å². The second-order valence-electron chi connectivity index (χ2n) is 2.95. The van der Waals surface area contributed by atoms with Crippen LogP contribution in [0.1, 0.15) is 5.56 Å². The summed E-state index contributed by atoms with van der Waals surface area (Å²) in [6, 6.07) is 5.50. The Bertz CT molecular complexity index is 457. The third-order valence-electron chi connectivity index (χ3n) is 2.10. The number of fused-ring (bicyclic) bond motifs is 1. The Kier molecular flexibility index (Phi) is 2.23. The number of rotatable bonds is 3.